The summed E-state index contributed by atoms with van der Waals surface area (Å²) in [7, 11) is 2.14. The Balaban J connectivity index is 1.36. The van der Waals surface area contributed by atoms with Gasteiger partial charge in [0, 0.05) is 65.4 Å². The van der Waals surface area contributed by atoms with Gasteiger partial charge in [0.1, 0.15) is 6.54 Å². The Hall–Kier alpha value is -3.11. The van der Waals surface area contributed by atoms with Crippen LogP contribution in [-0.4, -0.2) is 22.2 Å². The van der Waals surface area contributed by atoms with Gasteiger partial charge in [-0.1, -0.05) is 48.5 Å². The first-order chi connectivity index (χ1) is 15.2. The van der Waals surface area contributed by atoms with Gasteiger partial charge in [-0.25, -0.2) is 0 Å². The van der Waals surface area contributed by atoms with Crippen molar-refractivity contribution < 1.29 is 4.90 Å². The molecule has 156 valence electrons. The molecule has 0 aliphatic carbocycles. The molecular weight excluding hydrogens is 382 g/mol. The average Bonchev–Trinajstić information content (AvgIpc) is 3.10. The van der Waals surface area contributed by atoms with Gasteiger partial charge >= 0.3 is 0 Å². The van der Waals surface area contributed by atoms with Crippen molar-refractivity contribution in [1.82, 2.24) is 9.13 Å². The van der Waals surface area contributed by atoms with Crippen LogP contribution in [0.3, 0.4) is 0 Å². The van der Waals surface area contributed by atoms with Crippen molar-refractivity contribution in [3.63, 3.8) is 0 Å². The summed E-state index contributed by atoms with van der Waals surface area (Å²) in [4.78, 5) is 14.4. The van der Waals surface area contributed by atoms with Crippen LogP contribution in [0.1, 0.15) is 23.6 Å². The van der Waals surface area contributed by atoms with Crippen molar-refractivity contribution in [2.45, 2.75) is 25.4 Å². The van der Waals surface area contributed by atoms with Gasteiger partial charge in [-0.05, 0) is 24.1 Å². The molecule has 2 aliphatic heterocycles. The van der Waals surface area contributed by atoms with Gasteiger partial charge in [0.05, 0.1) is 13.1 Å². The van der Waals surface area contributed by atoms with Crippen LogP contribution in [-0.2, 0) is 20.1 Å². The van der Waals surface area contributed by atoms with Crippen LogP contribution < -0.4 is 10.5 Å². The molecule has 4 heterocycles. The number of para-hydroxylation sites is 1. The summed E-state index contributed by atoms with van der Waals surface area (Å²) in [5.41, 5.74) is 6.59. The Morgan fingerprint density at radius 1 is 0.968 bits per heavy atom. The topological polar surface area (TPSA) is 31.4 Å². The van der Waals surface area contributed by atoms with Gasteiger partial charge < -0.3 is 14.0 Å². The van der Waals surface area contributed by atoms with Crippen molar-refractivity contribution >= 4 is 10.9 Å². The highest BCUT2D eigenvalue weighted by molar-refractivity contribution is 5.83. The number of quaternary nitrogens is 1. The number of likely N-dealkylation sites (tertiary alicyclic amines) is 1. The van der Waals surface area contributed by atoms with E-state index in [1.807, 2.05) is 6.07 Å². The average molecular weight is 411 g/mol. The van der Waals surface area contributed by atoms with Gasteiger partial charge in [0.15, 0.2) is 0 Å². The Bertz CT molecular complexity index is 1320. The molecule has 3 atom stereocenters. The third-order valence-corrected chi connectivity index (χ3v) is 7.29. The molecule has 6 rings (SSSR count). The maximum Gasteiger partial charge on any atom is 0.250 e. The molecule has 2 bridgehead atoms. The second-order valence-electron chi connectivity index (χ2n) is 9.36. The first-order valence-electron chi connectivity index (χ1n) is 11.3. The van der Waals surface area contributed by atoms with Crippen LogP contribution in [0.5, 0.6) is 0 Å². The third kappa shape index (κ3) is 3.14. The van der Waals surface area contributed by atoms with E-state index in [1.54, 1.807) is 11.0 Å². The van der Waals surface area contributed by atoms with Gasteiger partial charge in [0.25, 0.3) is 5.56 Å². The van der Waals surface area contributed by atoms with Crippen LogP contribution in [0, 0.1) is 5.92 Å². The third-order valence-electron chi connectivity index (χ3n) is 7.29. The van der Waals surface area contributed by atoms with Crippen molar-refractivity contribution in [3.8, 4) is 11.1 Å². The van der Waals surface area contributed by atoms with Crippen molar-refractivity contribution in [3.05, 3.63) is 94.5 Å². The molecule has 31 heavy (non-hydrogen) atoms. The fourth-order valence-electron chi connectivity index (χ4n) is 6.08. The van der Waals surface area contributed by atoms with Gasteiger partial charge in [0.2, 0.25) is 0 Å². The number of rotatable bonds is 3. The van der Waals surface area contributed by atoms with Gasteiger partial charge in [-0.15, -0.1) is 0 Å². The van der Waals surface area contributed by atoms with Crippen molar-refractivity contribution in [2.24, 2.45) is 13.0 Å². The number of aryl methyl sites for hydroxylation is 1. The minimum absolute atomic E-state index is 0.155. The molecule has 4 nitrogen and oxygen atoms in total. The second kappa shape index (κ2) is 7.24. The molecule has 1 N–H and O–H groups in total. The lowest BCUT2D eigenvalue weighted by atomic mass is 9.80. The molecule has 4 aromatic rings. The zero-order valence-corrected chi connectivity index (χ0v) is 17.9. The lowest BCUT2D eigenvalue weighted by Gasteiger charge is -2.41. The van der Waals surface area contributed by atoms with Crippen molar-refractivity contribution in [1.29, 1.82) is 0 Å². The molecule has 2 aliphatic rings. The largest absolute Gasteiger partial charge is 0.350 e. The summed E-state index contributed by atoms with van der Waals surface area (Å²) >= 11 is 0. The Labute approximate surface area is 182 Å². The minimum Gasteiger partial charge on any atom is -0.350 e. The Kier molecular flexibility index (Phi) is 4.35. The molecule has 1 saturated heterocycles. The lowest BCUT2D eigenvalue weighted by Crippen LogP contribution is -3.13. The van der Waals surface area contributed by atoms with E-state index in [9.17, 15) is 4.79 Å². The number of pyridine rings is 1. The highest BCUT2D eigenvalue weighted by Crippen LogP contribution is 2.36. The summed E-state index contributed by atoms with van der Waals surface area (Å²) < 4.78 is 4.33. The predicted octanol–water partition coefficient (Wildman–Crippen LogP) is 3.21. The molecular formula is C27H28N3O+. The number of benzene rings is 2. The summed E-state index contributed by atoms with van der Waals surface area (Å²) in [5, 5.41) is 1.37. The van der Waals surface area contributed by atoms with Gasteiger partial charge in [-0.3, -0.25) is 4.79 Å². The normalized spacial score (nSPS) is 22.4. The standard InChI is InChI=1S/C27H27N3O/c1-28-16-22(23-9-5-6-10-25(23)28)18-29-14-19-13-21(17-29)27-24(20-7-3-2-4-8-20)11-12-26(31)30(27)15-19/h2-12,16,19,21H,13-15,17-18H2,1H3/p+1/t19-,21+/m0/s1. The van der Waals surface area contributed by atoms with E-state index in [0.29, 0.717) is 11.8 Å². The molecule has 2 aromatic heterocycles. The van der Waals surface area contributed by atoms with Crippen molar-refractivity contribution in [2.75, 3.05) is 13.1 Å². The second-order valence-corrected chi connectivity index (χ2v) is 9.36. The maximum absolute atomic E-state index is 12.8. The maximum atomic E-state index is 12.8. The van der Waals surface area contributed by atoms with E-state index in [-0.39, 0.29) is 5.56 Å². The Morgan fingerprint density at radius 2 is 1.77 bits per heavy atom. The molecule has 0 amide bonds. The first-order valence-corrected chi connectivity index (χ1v) is 11.3. The fourth-order valence-corrected chi connectivity index (χ4v) is 6.08. The lowest BCUT2D eigenvalue weighted by molar-refractivity contribution is -0.924. The molecule has 1 fully saturated rings. The SMILES string of the molecule is Cn1cc(C[NH+]2C[C@@H]3C[C@H](C2)c2c(-c4ccccc4)ccc(=O)n2C3)c2ccccc21. The monoisotopic (exact) mass is 410 g/mol. The smallest absolute Gasteiger partial charge is 0.250 e. The molecule has 0 saturated carbocycles. The van der Waals surface area contributed by atoms with E-state index in [1.165, 1.54) is 39.7 Å². The molecule has 2 aromatic carbocycles. The number of hydrogen-bond donors (Lipinski definition) is 1. The minimum atomic E-state index is 0.155. The molecule has 4 heteroatoms. The Morgan fingerprint density at radius 3 is 2.65 bits per heavy atom. The quantitative estimate of drug-likeness (QED) is 0.553. The summed E-state index contributed by atoms with van der Waals surface area (Å²) in [6.45, 7) is 4.13. The fraction of sp³-hybridized carbons (Fsp3) is 0.296. The summed E-state index contributed by atoms with van der Waals surface area (Å²) in [6, 6.07) is 23.1. The molecule has 0 radical (unpaired) electrons. The number of piperidine rings is 1. The van der Waals surface area contributed by atoms with Crippen LogP contribution in [0.15, 0.2) is 77.7 Å². The highest BCUT2D eigenvalue weighted by atomic mass is 16.1. The van der Waals surface area contributed by atoms with E-state index in [0.717, 1.165) is 26.2 Å². The highest BCUT2D eigenvalue weighted by Gasteiger charge is 2.38. The van der Waals surface area contributed by atoms with Crippen LogP contribution in [0.25, 0.3) is 22.0 Å². The van der Waals surface area contributed by atoms with E-state index >= 15 is 0 Å². The number of aromatic nitrogens is 2. The van der Waals surface area contributed by atoms with Crippen LogP contribution in [0.2, 0.25) is 0 Å². The van der Waals surface area contributed by atoms with Crippen LogP contribution >= 0.6 is 0 Å². The summed E-state index contributed by atoms with van der Waals surface area (Å²) in [6.07, 6.45) is 3.50. The number of nitrogens with zero attached hydrogens (tertiary/aromatic N) is 2. The van der Waals surface area contributed by atoms with E-state index < -0.39 is 0 Å². The number of hydrogen-bond acceptors (Lipinski definition) is 1. The van der Waals surface area contributed by atoms with E-state index in [2.05, 4.69) is 77.0 Å². The zero-order valence-electron chi connectivity index (χ0n) is 17.9. The zero-order chi connectivity index (χ0) is 20.9. The number of fused-ring (bicyclic) bond motifs is 5. The first kappa shape index (κ1) is 18.6. The van der Waals surface area contributed by atoms with E-state index in [4.69, 9.17) is 0 Å². The molecule has 0 spiro atoms. The summed E-state index contributed by atoms with van der Waals surface area (Å²) in [5.74, 6) is 1.00. The predicted molar refractivity (Wildman–Crippen MR) is 124 cm³/mol. The molecule has 1 unspecified atom stereocenters. The van der Waals surface area contributed by atoms with Crippen LogP contribution in [0.4, 0.5) is 0 Å². The van der Waals surface area contributed by atoms with Gasteiger partial charge in [-0.2, -0.15) is 0 Å². The number of nitrogens with one attached hydrogen (secondary N) is 1.